The fraction of sp³-hybridized carbons (Fsp3) is 0.389. The van der Waals surface area contributed by atoms with Crippen LogP contribution in [-0.2, 0) is 9.53 Å². The lowest BCUT2D eigenvalue weighted by molar-refractivity contribution is -0.137. The van der Waals surface area contributed by atoms with Crippen LogP contribution in [0.25, 0.3) is 11.0 Å². The van der Waals surface area contributed by atoms with Gasteiger partial charge < -0.3 is 14.8 Å². The highest BCUT2D eigenvalue weighted by molar-refractivity contribution is 5.76. The topological polar surface area (TPSA) is 95.5 Å². The second-order valence-electron chi connectivity index (χ2n) is 7.02. The van der Waals surface area contributed by atoms with Crippen molar-refractivity contribution in [1.29, 1.82) is 0 Å². The fourth-order valence-corrected chi connectivity index (χ4v) is 2.87. The zero-order valence-electron chi connectivity index (χ0n) is 14.4. The molecule has 0 saturated carbocycles. The zero-order valence-corrected chi connectivity index (χ0v) is 14.4. The Kier molecular flexibility index (Phi) is 4.24. The summed E-state index contributed by atoms with van der Waals surface area (Å²) in [5.74, 6) is -0.398. The summed E-state index contributed by atoms with van der Waals surface area (Å²) in [4.78, 5) is 33.0. The highest BCUT2D eigenvalue weighted by Gasteiger charge is 2.38. The second-order valence-corrected chi connectivity index (χ2v) is 7.02. The first-order valence-corrected chi connectivity index (χ1v) is 8.11. The number of para-hydroxylation sites is 2. The van der Waals surface area contributed by atoms with Gasteiger partial charge in [-0.25, -0.2) is 9.78 Å². The number of nitrogens with one attached hydrogen (secondary N) is 1. The summed E-state index contributed by atoms with van der Waals surface area (Å²) in [5.41, 5.74) is 0.972. The van der Waals surface area contributed by atoms with E-state index in [1.165, 1.54) is 4.90 Å². The van der Waals surface area contributed by atoms with Gasteiger partial charge >= 0.3 is 12.1 Å². The smallest absolute Gasteiger partial charge is 0.411 e. The van der Waals surface area contributed by atoms with Gasteiger partial charge in [0.25, 0.3) is 0 Å². The largest absolute Gasteiger partial charge is 0.481 e. The molecule has 0 bridgehead atoms. The maximum absolute atomic E-state index is 12.7. The molecule has 2 N–H and O–H groups in total. The van der Waals surface area contributed by atoms with E-state index < -0.39 is 29.7 Å². The van der Waals surface area contributed by atoms with Gasteiger partial charge in [0.05, 0.1) is 23.5 Å². The highest BCUT2D eigenvalue weighted by atomic mass is 16.6. The molecule has 132 valence electrons. The Morgan fingerprint density at radius 2 is 2.00 bits per heavy atom. The van der Waals surface area contributed by atoms with Crippen LogP contribution in [0.15, 0.2) is 36.4 Å². The van der Waals surface area contributed by atoms with Crippen molar-refractivity contribution in [2.24, 2.45) is 0 Å². The molecule has 2 heterocycles. The van der Waals surface area contributed by atoms with Crippen LogP contribution in [0.1, 0.15) is 39.1 Å². The normalized spacial score (nSPS) is 20.2. The molecule has 0 saturated heterocycles. The number of amides is 1. The maximum Gasteiger partial charge on any atom is 0.411 e. The Balaban J connectivity index is 1.94. The number of aromatic nitrogens is 2. The molecule has 1 aliphatic heterocycles. The third-order valence-corrected chi connectivity index (χ3v) is 3.85. The SMILES string of the molecule is CC(C)(C)OC(=O)N1[C@@H](c2nc3ccccc3[nH]2)C=C[C@H]1CC(=O)O. The minimum Gasteiger partial charge on any atom is -0.481 e. The number of hydrogen-bond acceptors (Lipinski definition) is 4. The lowest BCUT2D eigenvalue weighted by Gasteiger charge is -2.31. The van der Waals surface area contributed by atoms with Gasteiger partial charge in [-0.15, -0.1) is 0 Å². The Bertz CT molecular complexity index is 801. The molecule has 2 atom stereocenters. The fourth-order valence-electron chi connectivity index (χ4n) is 2.87. The van der Waals surface area contributed by atoms with Crippen LogP contribution in [0, 0.1) is 0 Å². The number of H-pyrrole nitrogens is 1. The minimum atomic E-state index is -0.978. The lowest BCUT2D eigenvalue weighted by Crippen LogP contribution is -2.42. The van der Waals surface area contributed by atoms with Gasteiger partial charge in [0.2, 0.25) is 0 Å². The van der Waals surface area contributed by atoms with E-state index in [1.807, 2.05) is 24.3 Å². The number of aliphatic carboxylic acids is 1. The molecule has 1 aromatic carbocycles. The van der Waals surface area contributed by atoms with Gasteiger partial charge in [0.15, 0.2) is 0 Å². The summed E-state index contributed by atoms with van der Waals surface area (Å²) >= 11 is 0. The van der Waals surface area contributed by atoms with Crippen LogP contribution in [0.5, 0.6) is 0 Å². The number of carbonyl (C=O) groups excluding carboxylic acids is 1. The third kappa shape index (κ3) is 3.65. The van der Waals surface area contributed by atoms with Crippen LogP contribution in [0.4, 0.5) is 4.79 Å². The van der Waals surface area contributed by atoms with E-state index in [9.17, 15) is 9.59 Å². The van der Waals surface area contributed by atoms with E-state index in [0.717, 1.165) is 11.0 Å². The van der Waals surface area contributed by atoms with E-state index >= 15 is 0 Å². The molecular weight excluding hydrogens is 322 g/mol. The predicted molar refractivity (Wildman–Crippen MR) is 92.1 cm³/mol. The number of carboxylic acids is 1. The third-order valence-electron chi connectivity index (χ3n) is 3.85. The number of aromatic amines is 1. The van der Waals surface area contributed by atoms with Crippen molar-refractivity contribution < 1.29 is 19.4 Å². The van der Waals surface area contributed by atoms with Crippen molar-refractivity contribution in [2.45, 2.75) is 44.9 Å². The van der Waals surface area contributed by atoms with E-state index in [0.29, 0.717) is 5.82 Å². The van der Waals surface area contributed by atoms with Crippen molar-refractivity contribution in [3.63, 3.8) is 0 Å². The molecule has 7 nitrogen and oxygen atoms in total. The average Bonchev–Trinajstić information content (AvgIpc) is 3.07. The zero-order chi connectivity index (χ0) is 18.2. The molecule has 2 aromatic rings. The van der Waals surface area contributed by atoms with Crippen LogP contribution in [0.2, 0.25) is 0 Å². The minimum absolute atomic E-state index is 0.188. The first-order chi connectivity index (χ1) is 11.7. The molecule has 25 heavy (non-hydrogen) atoms. The number of hydrogen-bond donors (Lipinski definition) is 2. The van der Waals surface area contributed by atoms with Gasteiger partial charge in [0.1, 0.15) is 17.5 Å². The molecule has 0 fully saturated rings. The van der Waals surface area contributed by atoms with Crippen molar-refractivity contribution in [3.8, 4) is 0 Å². The lowest BCUT2D eigenvalue weighted by atomic mass is 10.2. The van der Waals surface area contributed by atoms with Gasteiger partial charge in [-0.05, 0) is 32.9 Å². The number of nitrogens with zero attached hydrogens (tertiary/aromatic N) is 2. The summed E-state index contributed by atoms with van der Waals surface area (Å²) in [6.07, 6.45) is 2.76. The Morgan fingerprint density at radius 1 is 1.28 bits per heavy atom. The number of imidazole rings is 1. The first kappa shape index (κ1) is 17.0. The van der Waals surface area contributed by atoms with E-state index in [2.05, 4.69) is 9.97 Å². The number of ether oxygens (including phenoxy) is 1. The quantitative estimate of drug-likeness (QED) is 0.834. The van der Waals surface area contributed by atoms with Crippen molar-refractivity contribution in [3.05, 3.63) is 42.2 Å². The number of carbonyl (C=O) groups is 2. The average molecular weight is 343 g/mol. The second kappa shape index (κ2) is 6.23. The van der Waals surface area contributed by atoms with Gasteiger partial charge in [-0.1, -0.05) is 24.3 Å². The van der Waals surface area contributed by atoms with Gasteiger partial charge in [0, 0.05) is 0 Å². The van der Waals surface area contributed by atoms with Crippen LogP contribution >= 0.6 is 0 Å². The molecule has 1 aliphatic rings. The van der Waals surface area contributed by atoms with Gasteiger partial charge in [-0.3, -0.25) is 9.69 Å². The Labute approximate surface area is 145 Å². The Hall–Kier alpha value is -2.83. The van der Waals surface area contributed by atoms with E-state index in [4.69, 9.17) is 9.84 Å². The predicted octanol–water partition coefficient (Wildman–Crippen LogP) is 3.25. The summed E-state index contributed by atoms with van der Waals surface area (Å²) in [5, 5.41) is 9.14. The molecule has 0 aliphatic carbocycles. The van der Waals surface area contributed by atoms with E-state index in [1.54, 1.807) is 32.9 Å². The molecule has 7 heteroatoms. The van der Waals surface area contributed by atoms with Crippen LogP contribution in [-0.4, -0.2) is 43.7 Å². The molecule has 1 aromatic heterocycles. The molecule has 0 radical (unpaired) electrons. The maximum atomic E-state index is 12.7. The highest BCUT2D eigenvalue weighted by Crippen LogP contribution is 2.33. The molecular formula is C18H21N3O4. The van der Waals surface area contributed by atoms with Crippen molar-refractivity contribution >= 4 is 23.1 Å². The summed E-state index contributed by atoms with van der Waals surface area (Å²) in [6, 6.07) is 6.49. The Morgan fingerprint density at radius 3 is 2.64 bits per heavy atom. The standard InChI is InChI=1S/C18H21N3O4/c1-18(2,3)25-17(24)21-11(10-15(22)23)8-9-14(21)16-19-12-6-4-5-7-13(12)20-16/h4-9,11,14H,10H2,1-3H3,(H,19,20)(H,22,23)/t11-,14+/m0/s1. The van der Waals surface area contributed by atoms with Crippen molar-refractivity contribution in [1.82, 2.24) is 14.9 Å². The summed E-state index contributed by atoms with van der Waals surface area (Å²) in [7, 11) is 0. The summed E-state index contributed by atoms with van der Waals surface area (Å²) in [6.45, 7) is 5.32. The number of carboxylic acid groups (broad SMARTS) is 1. The molecule has 1 amide bonds. The number of benzene rings is 1. The molecule has 0 spiro atoms. The van der Waals surface area contributed by atoms with Crippen LogP contribution in [0.3, 0.4) is 0 Å². The number of rotatable bonds is 3. The van der Waals surface area contributed by atoms with Crippen molar-refractivity contribution in [2.75, 3.05) is 0 Å². The number of fused-ring (bicyclic) bond motifs is 1. The molecule has 3 rings (SSSR count). The monoisotopic (exact) mass is 343 g/mol. The van der Waals surface area contributed by atoms with Crippen LogP contribution < -0.4 is 0 Å². The first-order valence-electron chi connectivity index (χ1n) is 8.11. The van der Waals surface area contributed by atoms with E-state index in [-0.39, 0.29) is 6.42 Å². The molecule has 0 unspecified atom stereocenters. The summed E-state index contributed by atoms with van der Waals surface area (Å²) < 4.78 is 5.47. The van der Waals surface area contributed by atoms with Gasteiger partial charge in [-0.2, -0.15) is 0 Å².